The van der Waals surface area contributed by atoms with Crippen LogP contribution in [0.5, 0.6) is 0 Å². The first-order valence-corrected chi connectivity index (χ1v) is 19.1. The van der Waals surface area contributed by atoms with Crippen molar-refractivity contribution in [3.05, 3.63) is 48.0 Å². The van der Waals surface area contributed by atoms with Crippen molar-refractivity contribution in [3.8, 4) is 11.1 Å². The van der Waals surface area contributed by atoms with E-state index in [0.29, 0.717) is 71.4 Å². The van der Waals surface area contributed by atoms with Crippen molar-refractivity contribution in [1.29, 1.82) is 0 Å². The second kappa shape index (κ2) is 17.3. The Hall–Kier alpha value is -5.14. The third-order valence-corrected chi connectivity index (χ3v) is 11.1. The van der Waals surface area contributed by atoms with Crippen LogP contribution in [-0.4, -0.2) is 97.2 Å². The number of hydrogen-bond donors (Lipinski definition) is 2. The Morgan fingerprint density at radius 3 is 2.39 bits per heavy atom. The summed E-state index contributed by atoms with van der Waals surface area (Å²) in [5.74, 6) is -2.16. The van der Waals surface area contributed by atoms with Crippen molar-refractivity contribution in [2.75, 3.05) is 33.2 Å². The fraction of sp³-hybridized carbons (Fsp3) is 0.525. The fourth-order valence-electron chi connectivity index (χ4n) is 8.03. The molecule has 1 saturated heterocycles. The van der Waals surface area contributed by atoms with Gasteiger partial charge in [0.05, 0.1) is 29.5 Å². The standard InChI is InChI=1S/C40H50FN7O6/c1-45(24-35(50)42-23-38(53)54)37(52)25-48-33-12-8-11-30(31-21-34-28(20-32(31)41)22-43-46(34)2)39(33)40(44-48)27-15-17-47(18-16-27)36(51)14-13-29(49)19-26-9-6-4-3-5-7-10-26/h8,11-12,20-22,26-27H,3-7,9-10,13-19,23-25H2,1-2H3,(H,42,50)(H,53,54). The fourth-order valence-corrected chi connectivity index (χ4v) is 8.03. The summed E-state index contributed by atoms with van der Waals surface area (Å²) in [4.78, 5) is 65.6. The molecule has 6 rings (SSSR count). The predicted molar refractivity (Wildman–Crippen MR) is 201 cm³/mol. The van der Waals surface area contributed by atoms with Crippen LogP contribution in [0.25, 0.3) is 32.9 Å². The minimum atomic E-state index is -1.19. The Kier molecular flexibility index (Phi) is 12.4. The molecule has 3 amide bonds. The molecule has 288 valence electrons. The van der Waals surface area contributed by atoms with Gasteiger partial charge in [-0.2, -0.15) is 10.2 Å². The van der Waals surface area contributed by atoms with Crippen molar-refractivity contribution in [2.24, 2.45) is 13.0 Å². The number of carboxylic acid groups (broad SMARTS) is 1. The number of aromatic nitrogens is 4. The molecule has 0 atom stereocenters. The van der Waals surface area contributed by atoms with E-state index in [2.05, 4.69) is 10.4 Å². The molecule has 2 aromatic heterocycles. The number of carbonyl (C=O) groups excluding carboxylic acids is 4. The van der Waals surface area contributed by atoms with Gasteiger partial charge in [-0.3, -0.25) is 33.3 Å². The molecule has 13 nitrogen and oxygen atoms in total. The number of likely N-dealkylation sites (N-methyl/N-ethyl adjacent to an activating group) is 1. The summed E-state index contributed by atoms with van der Waals surface area (Å²) in [6.07, 6.45) is 12.2. The normalized spacial score (nSPS) is 15.9. The lowest BCUT2D eigenvalue weighted by Crippen LogP contribution is -2.41. The maximum atomic E-state index is 15.8. The Morgan fingerprint density at radius 1 is 0.944 bits per heavy atom. The lowest BCUT2D eigenvalue weighted by molar-refractivity contribution is -0.139. The molecule has 0 spiro atoms. The van der Waals surface area contributed by atoms with Gasteiger partial charge in [0, 0.05) is 68.7 Å². The molecular formula is C40H50FN7O6. The van der Waals surface area contributed by atoms with Gasteiger partial charge < -0.3 is 20.2 Å². The number of aliphatic carboxylic acids is 1. The summed E-state index contributed by atoms with van der Waals surface area (Å²) >= 11 is 0. The average molecular weight is 744 g/mol. The second-order valence-electron chi connectivity index (χ2n) is 14.9. The highest BCUT2D eigenvalue weighted by atomic mass is 19.1. The van der Waals surface area contributed by atoms with Gasteiger partial charge in [-0.15, -0.1) is 0 Å². The van der Waals surface area contributed by atoms with Gasteiger partial charge in [0.15, 0.2) is 0 Å². The van der Waals surface area contributed by atoms with E-state index in [4.69, 9.17) is 10.2 Å². The largest absolute Gasteiger partial charge is 0.480 e. The summed E-state index contributed by atoms with van der Waals surface area (Å²) in [6.45, 7) is -0.129. The highest BCUT2D eigenvalue weighted by molar-refractivity contribution is 6.00. The Bertz CT molecular complexity index is 2020. The molecular weight excluding hydrogens is 693 g/mol. The maximum Gasteiger partial charge on any atom is 0.322 e. The molecule has 1 saturated carbocycles. The van der Waals surface area contributed by atoms with Crippen molar-refractivity contribution in [1.82, 2.24) is 34.7 Å². The molecule has 54 heavy (non-hydrogen) atoms. The number of carbonyl (C=O) groups is 5. The van der Waals surface area contributed by atoms with Gasteiger partial charge in [-0.25, -0.2) is 4.39 Å². The van der Waals surface area contributed by atoms with Crippen LogP contribution in [0, 0.1) is 11.7 Å². The molecule has 0 unspecified atom stereocenters. The number of benzene rings is 2. The summed E-state index contributed by atoms with van der Waals surface area (Å²) < 4.78 is 19.1. The summed E-state index contributed by atoms with van der Waals surface area (Å²) in [6, 6.07) is 8.68. The van der Waals surface area contributed by atoms with Crippen LogP contribution in [0.1, 0.15) is 88.7 Å². The summed E-state index contributed by atoms with van der Waals surface area (Å²) in [5.41, 5.74) is 3.05. The van der Waals surface area contributed by atoms with Gasteiger partial charge in [-0.1, -0.05) is 57.1 Å². The number of amides is 3. The first-order chi connectivity index (χ1) is 26.0. The number of piperidine rings is 1. The smallest absolute Gasteiger partial charge is 0.322 e. The zero-order chi connectivity index (χ0) is 38.4. The number of ketones is 1. The van der Waals surface area contributed by atoms with E-state index in [-0.39, 0.29) is 43.5 Å². The third-order valence-electron chi connectivity index (χ3n) is 11.1. The monoisotopic (exact) mass is 743 g/mol. The first-order valence-electron chi connectivity index (χ1n) is 19.1. The Labute approximate surface area is 313 Å². The average Bonchev–Trinajstić information content (AvgIpc) is 3.69. The molecule has 1 aliphatic carbocycles. The molecule has 2 N–H and O–H groups in total. The lowest BCUT2D eigenvalue weighted by Gasteiger charge is -2.31. The van der Waals surface area contributed by atoms with Crippen LogP contribution < -0.4 is 5.32 Å². The predicted octanol–water partition coefficient (Wildman–Crippen LogP) is 5.19. The number of fused-ring (bicyclic) bond motifs is 2. The van der Waals surface area contributed by atoms with Gasteiger partial charge in [0.2, 0.25) is 17.7 Å². The van der Waals surface area contributed by atoms with E-state index in [1.165, 1.54) is 50.1 Å². The van der Waals surface area contributed by atoms with Gasteiger partial charge in [-0.05, 0) is 42.5 Å². The summed E-state index contributed by atoms with van der Waals surface area (Å²) in [5, 5.41) is 21.7. The minimum absolute atomic E-state index is 0.0249. The molecule has 3 heterocycles. The number of halogens is 1. The topological polar surface area (TPSA) is 160 Å². The molecule has 0 radical (unpaired) electrons. The van der Waals surface area contributed by atoms with Crippen LogP contribution in [-0.2, 0) is 37.6 Å². The van der Waals surface area contributed by atoms with Gasteiger partial charge in [0.1, 0.15) is 24.7 Å². The zero-order valence-electron chi connectivity index (χ0n) is 31.2. The maximum absolute atomic E-state index is 15.8. The second-order valence-corrected chi connectivity index (χ2v) is 14.9. The van der Waals surface area contributed by atoms with E-state index in [9.17, 15) is 24.0 Å². The number of nitrogens with zero attached hydrogens (tertiary/aromatic N) is 6. The molecule has 14 heteroatoms. The number of nitrogens with one attached hydrogen (secondary N) is 1. The molecule has 1 aliphatic heterocycles. The van der Waals surface area contributed by atoms with Crippen molar-refractivity contribution >= 4 is 51.3 Å². The van der Waals surface area contributed by atoms with E-state index >= 15 is 4.39 Å². The number of likely N-dealkylation sites (tertiary alicyclic amines) is 1. The van der Waals surface area contributed by atoms with Crippen molar-refractivity contribution < 1.29 is 33.5 Å². The Morgan fingerprint density at radius 2 is 1.67 bits per heavy atom. The molecule has 2 aliphatic rings. The van der Waals surface area contributed by atoms with E-state index in [1.54, 1.807) is 34.7 Å². The van der Waals surface area contributed by atoms with Crippen LogP contribution in [0.15, 0.2) is 36.5 Å². The van der Waals surface area contributed by atoms with E-state index < -0.39 is 30.1 Å². The molecule has 2 aromatic carbocycles. The number of carboxylic acids is 1. The number of rotatable bonds is 13. The highest BCUT2D eigenvalue weighted by Crippen LogP contribution is 2.40. The van der Waals surface area contributed by atoms with Crippen LogP contribution in [0.4, 0.5) is 4.39 Å². The first kappa shape index (κ1) is 38.6. The van der Waals surface area contributed by atoms with Gasteiger partial charge in [0.25, 0.3) is 0 Å². The SMILES string of the molecule is CN(CC(=O)NCC(=O)O)C(=O)Cn1nc(C2CCN(C(=O)CCC(=O)CC3CCCCCCC3)CC2)c2c(-c3cc4c(cnn4C)cc3F)cccc21. The zero-order valence-corrected chi connectivity index (χ0v) is 31.2. The van der Waals surface area contributed by atoms with Crippen molar-refractivity contribution in [2.45, 2.75) is 89.5 Å². The van der Waals surface area contributed by atoms with E-state index in [1.807, 2.05) is 17.0 Å². The summed E-state index contributed by atoms with van der Waals surface area (Å²) in [7, 11) is 3.25. The number of Topliss-reactive ketones (excluding diaryl/α,β-unsaturated/α-hetero) is 1. The number of aryl methyl sites for hydroxylation is 1. The van der Waals surface area contributed by atoms with Crippen LogP contribution in [0.3, 0.4) is 0 Å². The van der Waals surface area contributed by atoms with Gasteiger partial charge >= 0.3 is 5.97 Å². The third kappa shape index (κ3) is 9.14. The quantitative estimate of drug-likeness (QED) is 0.189. The molecule has 4 aromatic rings. The van der Waals surface area contributed by atoms with Crippen molar-refractivity contribution in [3.63, 3.8) is 0 Å². The van der Waals surface area contributed by atoms with Crippen LogP contribution >= 0.6 is 0 Å². The highest BCUT2D eigenvalue weighted by Gasteiger charge is 2.30. The van der Waals surface area contributed by atoms with Crippen LogP contribution in [0.2, 0.25) is 0 Å². The molecule has 2 fully saturated rings. The lowest BCUT2D eigenvalue weighted by atomic mass is 9.87. The van der Waals surface area contributed by atoms with E-state index in [0.717, 1.165) is 18.4 Å². The Balaban J connectivity index is 1.20. The number of hydrogen-bond acceptors (Lipinski definition) is 7. The molecule has 0 bridgehead atoms. The minimum Gasteiger partial charge on any atom is -0.480 e.